The quantitative estimate of drug-likeness (QED) is 0.759. The molecule has 1 aromatic heterocycles. The SMILES string of the molecule is CCCN(CCC)C(=O)CN1CCN(c2ncccn2)CC1. The van der Waals surface area contributed by atoms with Crippen LogP contribution < -0.4 is 4.90 Å². The summed E-state index contributed by atoms with van der Waals surface area (Å²) < 4.78 is 0. The van der Waals surface area contributed by atoms with E-state index in [-0.39, 0.29) is 5.91 Å². The van der Waals surface area contributed by atoms with Crippen LogP contribution in [-0.2, 0) is 4.79 Å². The summed E-state index contributed by atoms with van der Waals surface area (Å²) >= 11 is 0. The molecular formula is C16H27N5O. The van der Waals surface area contributed by atoms with E-state index in [1.54, 1.807) is 12.4 Å². The van der Waals surface area contributed by atoms with E-state index in [0.29, 0.717) is 6.54 Å². The Hall–Kier alpha value is -1.69. The normalized spacial score (nSPS) is 15.8. The molecule has 1 aromatic rings. The number of aromatic nitrogens is 2. The molecule has 2 heterocycles. The maximum atomic E-state index is 12.4. The highest BCUT2D eigenvalue weighted by atomic mass is 16.2. The zero-order chi connectivity index (χ0) is 15.8. The Morgan fingerprint density at radius 2 is 1.68 bits per heavy atom. The average Bonchev–Trinajstić information content (AvgIpc) is 2.56. The number of hydrogen-bond donors (Lipinski definition) is 0. The van der Waals surface area contributed by atoms with E-state index in [4.69, 9.17) is 0 Å². The molecule has 2 rings (SSSR count). The zero-order valence-corrected chi connectivity index (χ0v) is 13.7. The van der Waals surface area contributed by atoms with Crippen LogP contribution in [0.2, 0.25) is 0 Å². The second-order valence-electron chi connectivity index (χ2n) is 5.69. The highest BCUT2D eigenvalue weighted by Gasteiger charge is 2.22. The largest absolute Gasteiger partial charge is 0.342 e. The standard InChI is InChI=1S/C16H27N5O/c1-3-8-20(9-4-2)15(22)14-19-10-12-21(13-11-19)16-17-6-5-7-18-16/h5-7H,3-4,8-14H2,1-2H3. The predicted octanol–water partition coefficient (Wildman–Crippen LogP) is 1.25. The van der Waals surface area contributed by atoms with Gasteiger partial charge in [-0.25, -0.2) is 9.97 Å². The van der Waals surface area contributed by atoms with Crippen LogP contribution in [0.25, 0.3) is 0 Å². The molecule has 1 saturated heterocycles. The molecular weight excluding hydrogens is 278 g/mol. The van der Waals surface area contributed by atoms with Gasteiger partial charge in [-0.2, -0.15) is 0 Å². The lowest BCUT2D eigenvalue weighted by Crippen LogP contribution is -2.50. The molecule has 6 heteroatoms. The lowest BCUT2D eigenvalue weighted by atomic mass is 10.3. The van der Waals surface area contributed by atoms with Crippen LogP contribution in [0.4, 0.5) is 5.95 Å². The minimum absolute atomic E-state index is 0.258. The molecule has 1 aliphatic heterocycles. The molecule has 0 aliphatic carbocycles. The van der Waals surface area contributed by atoms with E-state index in [1.165, 1.54) is 0 Å². The van der Waals surface area contributed by atoms with Crippen LogP contribution >= 0.6 is 0 Å². The van der Waals surface area contributed by atoms with Crippen LogP contribution in [-0.4, -0.2) is 71.5 Å². The number of anilines is 1. The van der Waals surface area contributed by atoms with Gasteiger partial charge in [0.1, 0.15) is 0 Å². The van der Waals surface area contributed by atoms with E-state index in [9.17, 15) is 4.79 Å². The first kappa shape index (κ1) is 16.7. The van der Waals surface area contributed by atoms with E-state index < -0.39 is 0 Å². The summed E-state index contributed by atoms with van der Waals surface area (Å²) in [6.45, 7) is 10.0. The molecule has 0 unspecified atom stereocenters. The molecule has 0 aromatic carbocycles. The fraction of sp³-hybridized carbons (Fsp3) is 0.688. The Morgan fingerprint density at radius 1 is 1.09 bits per heavy atom. The van der Waals surface area contributed by atoms with Crippen molar-refractivity contribution in [1.29, 1.82) is 0 Å². The monoisotopic (exact) mass is 305 g/mol. The smallest absolute Gasteiger partial charge is 0.236 e. The molecule has 0 atom stereocenters. The van der Waals surface area contributed by atoms with Gasteiger partial charge >= 0.3 is 0 Å². The van der Waals surface area contributed by atoms with E-state index in [1.807, 2.05) is 11.0 Å². The fourth-order valence-electron chi connectivity index (χ4n) is 2.75. The second-order valence-corrected chi connectivity index (χ2v) is 5.69. The second kappa shape index (κ2) is 8.68. The van der Waals surface area contributed by atoms with Crippen molar-refractivity contribution in [3.8, 4) is 0 Å². The van der Waals surface area contributed by atoms with Crippen LogP contribution in [0.5, 0.6) is 0 Å². The molecule has 1 aliphatic rings. The molecule has 0 N–H and O–H groups in total. The first-order chi connectivity index (χ1) is 10.7. The van der Waals surface area contributed by atoms with Crippen LogP contribution in [0.3, 0.4) is 0 Å². The van der Waals surface area contributed by atoms with Crippen molar-refractivity contribution in [1.82, 2.24) is 19.8 Å². The van der Waals surface area contributed by atoms with Gasteiger partial charge in [-0.05, 0) is 18.9 Å². The van der Waals surface area contributed by atoms with Gasteiger partial charge in [0.25, 0.3) is 0 Å². The predicted molar refractivity (Wildman–Crippen MR) is 87.8 cm³/mol. The molecule has 0 radical (unpaired) electrons. The molecule has 0 bridgehead atoms. The van der Waals surface area contributed by atoms with Gasteiger partial charge in [0.2, 0.25) is 11.9 Å². The minimum atomic E-state index is 0.258. The molecule has 122 valence electrons. The van der Waals surface area contributed by atoms with E-state index in [2.05, 4.69) is 33.6 Å². The summed E-state index contributed by atoms with van der Waals surface area (Å²) in [7, 11) is 0. The third-order valence-electron chi connectivity index (χ3n) is 3.91. The Kier molecular flexibility index (Phi) is 6.58. The molecule has 22 heavy (non-hydrogen) atoms. The number of carbonyl (C=O) groups is 1. The van der Waals surface area contributed by atoms with Crippen LogP contribution in [0.15, 0.2) is 18.5 Å². The Labute approximate surface area is 133 Å². The summed E-state index contributed by atoms with van der Waals surface area (Å²) in [5.74, 6) is 1.04. The van der Waals surface area contributed by atoms with Crippen LogP contribution in [0.1, 0.15) is 26.7 Å². The lowest BCUT2D eigenvalue weighted by molar-refractivity contribution is -0.132. The van der Waals surface area contributed by atoms with Crippen molar-refractivity contribution in [2.45, 2.75) is 26.7 Å². The van der Waals surface area contributed by atoms with Crippen molar-refractivity contribution >= 4 is 11.9 Å². The third kappa shape index (κ3) is 4.66. The minimum Gasteiger partial charge on any atom is -0.342 e. The Morgan fingerprint density at radius 3 is 2.23 bits per heavy atom. The van der Waals surface area contributed by atoms with Gasteiger partial charge in [-0.3, -0.25) is 9.69 Å². The fourth-order valence-corrected chi connectivity index (χ4v) is 2.75. The zero-order valence-electron chi connectivity index (χ0n) is 13.7. The summed E-state index contributed by atoms with van der Waals surface area (Å²) in [5.41, 5.74) is 0. The van der Waals surface area contributed by atoms with Gasteiger partial charge in [0.05, 0.1) is 6.54 Å². The summed E-state index contributed by atoms with van der Waals surface area (Å²) in [6, 6.07) is 1.83. The van der Waals surface area contributed by atoms with Gasteiger partial charge in [-0.1, -0.05) is 13.8 Å². The lowest BCUT2D eigenvalue weighted by Gasteiger charge is -2.35. The van der Waals surface area contributed by atoms with Crippen molar-refractivity contribution in [2.24, 2.45) is 0 Å². The Bertz CT molecular complexity index is 439. The Balaban J connectivity index is 1.80. The highest BCUT2D eigenvalue weighted by Crippen LogP contribution is 2.10. The molecule has 0 spiro atoms. The molecule has 1 fully saturated rings. The number of piperazine rings is 1. The first-order valence-electron chi connectivity index (χ1n) is 8.26. The number of nitrogens with zero attached hydrogens (tertiary/aromatic N) is 5. The van der Waals surface area contributed by atoms with Crippen molar-refractivity contribution in [3.63, 3.8) is 0 Å². The van der Waals surface area contributed by atoms with Gasteiger partial charge in [0.15, 0.2) is 0 Å². The average molecular weight is 305 g/mol. The summed E-state index contributed by atoms with van der Waals surface area (Å²) in [4.78, 5) is 27.4. The maximum Gasteiger partial charge on any atom is 0.236 e. The van der Waals surface area contributed by atoms with Gasteiger partial charge in [-0.15, -0.1) is 0 Å². The van der Waals surface area contributed by atoms with Gasteiger partial charge < -0.3 is 9.80 Å². The van der Waals surface area contributed by atoms with Gasteiger partial charge in [0, 0.05) is 51.7 Å². The van der Waals surface area contributed by atoms with Crippen LogP contribution in [0, 0.1) is 0 Å². The summed E-state index contributed by atoms with van der Waals surface area (Å²) in [5, 5.41) is 0. The van der Waals surface area contributed by atoms with E-state index >= 15 is 0 Å². The topological polar surface area (TPSA) is 52.6 Å². The number of amides is 1. The summed E-state index contributed by atoms with van der Waals surface area (Å²) in [6.07, 6.45) is 5.58. The molecule has 1 amide bonds. The first-order valence-corrected chi connectivity index (χ1v) is 8.26. The van der Waals surface area contributed by atoms with Crippen molar-refractivity contribution in [3.05, 3.63) is 18.5 Å². The third-order valence-corrected chi connectivity index (χ3v) is 3.91. The van der Waals surface area contributed by atoms with Crippen molar-refractivity contribution in [2.75, 3.05) is 50.7 Å². The molecule has 6 nitrogen and oxygen atoms in total. The van der Waals surface area contributed by atoms with E-state index in [0.717, 1.165) is 58.1 Å². The molecule has 0 saturated carbocycles. The van der Waals surface area contributed by atoms with Crippen molar-refractivity contribution < 1.29 is 4.79 Å². The number of rotatable bonds is 7. The number of hydrogen-bond acceptors (Lipinski definition) is 5. The maximum absolute atomic E-state index is 12.4. The highest BCUT2D eigenvalue weighted by molar-refractivity contribution is 5.78. The number of carbonyl (C=O) groups excluding carboxylic acids is 1.